The van der Waals surface area contributed by atoms with E-state index in [0.717, 1.165) is 28.0 Å². The minimum atomic E-state index is -0.467. The maximum absolute atomic E-state index is 6.34. The Labute approximate surface area is 160 Å². The average Bonchev–Trinajstić information content (AvgIpc) is 3.15. The van der Waals surface area contributed by atoms with Crippen molar-refractivity contribution in [2.75, 3.05) is 0 Å². The van der Waals surface area contributed by atoms with Crippen LogP contribution in [0.15, 0.2) is 54.9 Å². The lowest BCUT2D eigenvalue weighted by atomic mass is 9.73. The summed E-state index contributed by atoms with van der Waals surface area (Å²) < 4.78 is 14.6. The lowest BCUT2D eigenvalue weighted by Gasteiger charge is -2.32. The van der Waals surface area contributed by atoms with Gasteiger partial charge in [0.05, 0.1) is 11.2 Å². The number of nitrogens with zero attached hydrogens (tertiary/aromatic N) is 3. The molecule has 27 heavy (non-hydrogen) atoms. The molecule has 0 N–H and O–H groups in total. The molecule has 138 valence electrons. The second-order valence-electron chi connectivity index (χ2n) is 7.99. The molecule has 2 aromatic carbocycles. The van der Waals surface area contributed by atoms with Crippen LogP contribution in [0.4, 0.5) is 0 Å². The van der Waals surface area contributed by atoms with E-state index in [9.17, 15) is 0 Å². The van der Waals surface area contributed by atoms with Crippen LogP contribution in [0.25, 0.3) is 22.5 Å². The van der Waals surface area contributed by atoms with Gasteiger partial charge < -0.3 is 13.9 Å². The fourth-order valence-electron chi connectivity index (χ4n) is 3.35. The second kappa shape index (κ2) is 6.32. The minimum absolute atomic E-state index is 0.405. The molecular formula is C21H24BN3O2. The van der Waals surface area contributed by atoms with Crippen LogP contribution in [0.5, 0.6) is 0 Å². The monoisotopic (exact) mass is 361 g/mol. The molecule has 1 fully saturated rings. The van der Waals surface area contributed by atoms with Crippen molar-refractivity contribution in [2.45, 2.75) is 38.9 Å². The van der Waals surface area contributed by atoms with Gasteiger partial charge in [-0.15, -0.1) is 10.2 Å². The molecule has 4 rings (SSSR count). The molecule has 1 aliphatic rings. The van der Waals surface area contributed by atoms with E-state index < -0.39 is 18.3 Å². The Balaban J connectivity index is 1.92. The van der Waals surface area contributed by atoms with Gasteiger partial charge in [0.1, 0.15) is 6.33 Å². The SMILES string of the molecule is Cn1cnnc1-c1c(B2OC(C)(C)C(C)(C)O2)cccc1-c1ccccc1. The van der Waals surface area contributed by atoms with Crippen LogP contribution in [-0.2, 0) is 16.4 Å². The first kappa shape index (κ1) is 18.0. The zero-order valence-corrected chi connectivity index (χ0v) is 16.4. The second-order valence-corrected chi connectivity index (χ2v) is 7.99. The van der Waals surface area contributed by atoms with Gasteiger partial charge in [0.15, 0.2) is 5.82 Å². The summed E-state index contributed by atoms with van der Waals surface area (Å²) in [6, 6.07) is 16.5. The first-order valence-electron chi connectivity index (χ1n) is 9.18. The fraction of sp³-hybridized carbons (Fsp3) is 0.333. The molecule has 0 unspecified atom stereocenters. The van der Waals surface area contributed by atoms with Crippen LogP contribution >= 0.6 is 0 Å². The number of rotatable bonds is 3. The molecule has 2 heterocycles. The maximum Gasteiger partial charge on any atom is 0.495 e. The predicted molar refractivity (Wildman–Crippen MR) is 108 cm³/mol. The zero-order valence-electron chi connectivity index (χ0n) is 16.4. The maximum atomic E-state index is 6.34. The lowest BCUT2D eigenvalue weighted by Crippen LogP contribution is -2.41. The van der Waals surface area contributed by atoms with E-state index in [-0.39, 0.29) is 0 Å². The van der Waals surface area contributed by atoms with E-state index in [1.54, 1.807) is 6.33 Å². The Morgan fingerprint density at radius 3 is 2.15 bits per heavy atom. The van der Waals surface area contributed by atoms with Crippen LogP contribution in [0, 0.1) is 0 Å². The molecule has 0 amide bonds. The Morgan fingerprint density at radius 2 is 1.56 bits per heavy atom. The third-order valence-corrected chi connectivity index (χ3v) is 5.62. The molecule has 1 aromatic heterocycles. The molecule has 0 saturated carbocycles. The molecule has 0 spiro atoms. The van der Waals surface area contributed by atoms with Crippen molar-refractivity contribution in [3.05, 3.63) is 54.9 Å². The molecule has 0 radical (unpaired) electrons. The molecule has 5 nitrogen and oxygen atoms in total. The molecular weight excluding hydrogens is 337 g/mol. The molecule has 3 aromatic rings. The van der Waals surface area contributed by atoms with Crippen molar-refractivity contribution in [1.29, 1.82) is 0 Å². The topological polar surface area (TPSA) is 49.2 Å². The van der Waals surface area contributed by atoms with Gasteiger partial charge in [-0.05, 0) is 44.3 Å². The summed E-state index contributed by atoms with van der Waals surface area (Å²) in [5, 5.41) is 8.47. The van der Waals surface area contributed by atoms with Crippen molar-refractivity contribution < 1.29 is 9.31 Å². The van der Waals surface area contributed by atoms with E-state index in [4.69, 9.17) is 9.31 Å². The van der Waals surface area contributed by atoms with Gasteiger partial charge in [-0.1, -0.05) is 48.5 Å². The summed E-state index contributed by atoms with van der Waals surface area (Å²) in [6.45, 7) is 8.26. The molecule has 0 bridgehead atoms. The summed E-state index contributed by atoms with van der Waals surface area (Å²) in [5.74, 6) is 0.791. The predicted octanol–water partition coefficient (Wildman–Crippen LogP) is 3.45. The minimum Gasteiger partial charge on any atom is -0.399 e. The zero-order chi connectivity index (χ0) is 19.2. The van der Waals surface area contributed by atoms with Gasteiger partial charge in [0.25, 0.3) is 0 Å². The van der Waals surface area contributed by atoms with Crippen molar-refractivity contribution in [2.24, 2.45) is 7.05 Å². The molecule has 0 aliphatic carbocycles. The van der Waals surface area contributed by atoms with Gasteiger partial charge in [0, 0.05) is 12.6 Å². The Morgan fingerprint density at radius 1 is 0.889 bits per heavy atom. The van der Waals surface area contributed by atoms with E-state index >= 15 is 0 Å². The van der Waals surface area contributed by atoms with E-state index in [0.29, 0.717) is 0 Å². The lowest BCUT2D eigenvalue weighted by molar-refractivity contribution is 0.00578. The largest absolute Gasteiger partial charge is 0.495 e. The number of aromatic nitrogens is 3. The highest BCUT2D eigenvalue weighted by atomic mass is 16.7. The van der Waals surface area contributed by atoms with Gasteiger partial charge in [0.2, 0.25) is 0 Å². The first-order chi connectivity index (χ1) is 12.8. The summed E-state index contributed by atoms with van der Waals surface area (Å²) in [6.07, 6.45) is 1.71. The fourth-order valence-corrected chi connectivity index (χ4v) is 3.35. The summed E-state index contributed by atoms with van der Waals surface area (Å²) in [4.78, 5) is 0. The Kier molecular flexibility index (Phi) is 4.20. The standard InChI is InChI=1S/C21H24BN3O2/c1-20(2)21(3,4)27-22(26-20)17-13-9-12-16(15-10-7-6-8-11-15)18(17)19-24-23-14-25(19)5/h6-14H,1-5H3. The Bertz CT molecular complexity index is 951. The number of benzene rings is 2. The van der Waals surface area contributed by atoms with E-state index in [2.05, 4.69) is 62.2 Å². The van der Waals surface area contributed by atoms with Crippen LogP contribution in [0.1, 0.15) is 27.7 Å². The van der Waals surface area contributed by atoms with Crippen molar-refractivity contribution >= 4 is 12.6 Å². The van der Waals surface area contributed by atoms with Crippen molar-refractivity contribution in [3.8, 4) is 22.5 Å². The summed E-state index contributed by atoms with van der Waals surface area (Å²) in [7, 11) is 1.48. The summed E-state index contributed by atoms with van der Waals surface area (Å²) in [5.41, 5.74) is 3.34. The van der Waals surface area contributed by atoms with Gasteiger partial charge in [-0.3, -0.25) is 0 Å². The van der Waals surface area contributed by atoms with Crippen molar-refractivity contribution in [1.82, 2.24) is 14.8 Å². The average molecular weight is 361 g/mol. The van der Waals surface area contributed by atoms with E-state index in [1.807, 2.05) is 35.9 Å². The van der Waals surface area contributed by atoms with Crippen LogP contribution < -0.4 is 5.46 Å². The third kappa shape index (κ3) is 2.99. The van der Waals surface area contributed by atoms with Crippen LogP contribution in [-0.4, -0.2) is 33.1 Å². The highest BCUT2D eigenvalue weighted by Crippen LogP contribution is 2.38. The summed E-state index contributed by atoms with van der Waals surface area (Å²) >= 11 is 0. The Hall–Kier alpha value is -2.44. The number of hydrogen-bond acceptors (Lipinski definition) is 4. The van der Waals surface area contributed by atoms with Gasteiger partial charge in [-0.2, -0.15) is 0 Å². The number of aryl methyl sites for hydroxylation is 1. The van der Waals surface area contributed by atoms with Crippen molar-refractivity contribution in [3.63, 3.8) is 0 Å². The van der Waals surface area contributed by atoms with Gasteiger partial charge in [-0.25, -0.2) is 0 Å². The highest BCUT2D eigenvalue weighted by Gasteiger charge is 2.52. The normalized spacial score (nSPS) is 18.0. The molecule has 1 aliphatic heterocycles. The van der Waals surface area contributed by atoms with E-state index in [1.165, 1.54) is 0 Å². The van der Waals surface area contributed by atoms with Gasteiger partial charge >= 0.3 is 7.12 Å². The first-order valence-corrected chi connectivity index (χ1v) is 9.18. The highest BCUT2D eigenvalue weighted by molar-refractivity contribution is 6.64. The van der Waals surface area contributed by atoms with Crippen LogP contribution in [0.2, 0.25) is 0 Å². The molecule has 6 heteroatoms. The molecule has 0 atom stereocenters. The van der Waals surface area contributed by atoms with Crippen LogP contribution in [0.3, 0.4) is 0 Å². The smallest absolute Gasteiger partial charge is 0.399 e. The quantitative estimate of drug-likeness (QED) is 0.671. The third-order valence-electron chi connectivity index (χ3n) is 5.62. The molecule has 1 saturated heterocycles. The number of hydrogen-bond donors (Lipinski definition) is 0.